The van der Waals surface area contributed by atoms with Crippen molar-refractivity contribution in [2.75, 3.05) is 17.2 Å². The molecule has 6 heteroatoms. The molecule has 0 spiro atoms. The van der Waals surface area contributed by atoms with Crippen LogP contribution < -0.4 is 10.6 Å². The number of anilines is 2. The van der Waals surface area contributed by atoms with Crippen molar-refractivity contribution in [1.29, 1.82) is 0 Å². The van der Waals surface area contributed by atoms with Crippen LogP contribution in [0.15, 0.2) is 0 Å². The Morgan fingerprint density at radius 1 is 1.16 bits per heavy atom. The first kappa shape index (κ1) is 14.3. The highest BCUT2D eigenvalue weighted by Gasteiger charge is 2.22. The van der Waals surface area contributed by atoms with Crippen LogP contribution in [0.2, 0.25) is 5.28 Å². The van der Waals surface area contributed by atoms with Crippen LogP contribution in [0.1, 0.15) is 46.0 Å². The number of nitrogens with zero attached hydrogens (tertiary/aromatic N) is 3. The highest BCUT2D eigenvalue weighted by Crippen LogP contribution is 2.26. The maximum absolute atomic E-state index is 5.94. The van der Waals surface area contributed by atoms with Gasteiger partial charge in [-0.2, -0.15) is 15.0 Å². The summed E-state index contributed by atoms with van der Waals surface area (Å²) in [6, 6.07) is 0.436. The molecule has 2 N–H and O–H groups in total. The van der Waals surface area contributed by atoms with E-state index in [1.165, 1.54) is 25.7 Å². The SMILES string of the molecule is CCCNc1nc(Cl)nc(NC2CCCCC2C)n1. The van der Waals surface area contributed by atoms with E-state index in [9.17, 15) is 0 Å². The van der Waals surface area contributed by atoms with E-state index in [-0.39, 0.29) is 5.28 Å². The van der Waals surface area contributed by atoms with Gasteiger partial charge in [-0.05, 0) is 36.8 Å². The third-order valence-electron chi connectivity index (χ3n) is 3.57. The van der Waals surface area contributed by atoms with Crippen LogP contribution in [0.3, 0.4) is 0 Å². The number of hydrogen-bond donors (Lipinski definition) is 2. The lowest BCUT2D eigenvalue weighted by Gasteiger charge is -2.29. The van der Waals surface area contributed by atoms with Gasteiger partial charge in [-0.3, -0.25) is 0 Å². The van der Waals surface area contributed by atoms with Gasteiger partial charge in [0, 0.05) is 12.6 Å². The maximum atomic E-state index is 5.94. The number of nitrogens with one attached hydrogen (secondary N) is 2. The Morgan fingerprint density at radius 2 is 1.89 bits per heavy atom. The Labute approximate surface area is 119 Å². The molecule has 0 aromatic carbocycles. The highest BCUT2D eigenvalue weighted by atomic mass is 35.5. The van der Waals surface area contributed by atoms with Crippen molar-refractivity contribution < 1.29 is 0 Å². The average Bonchev–Trinajstić information content (AvgIpc) is 2.38. The van der Waals surface area contributed by atoms with E-state index in [0.717, 1.165) is 13.0 Å². The molecule has 2 unspecified atom stereocenters. The fourth-order valence-electron chi connectivity index (χ4n) is 2.43. The smallest absolute Gasteiger partial charge is 0.229 e. The summed E-state index contributed by atoms with van der Waals surface area (Å²) >= 11 is 5.94. The van der Waals surface area contributed by atoms with Gasteiger partial charge in [0.2, 0.25) is 17.2 Å². The summed E-state index contributed by atoms with van der Waals surface area (Å²) in [5.41, 5.74) is 0. The van der Waals surface area contributed by atoms with Crippen molar-refractivity contribution in [3.63, 3.8) is 0 Å². The van der Waals surface area contributed by atoms with Gasteiger partial charge in [-0.1, -0.05) is 26.7 Å². The second kappa shape index (κ2) is 6.89. The molecule has 2 rings (SSSR count). The Kier molecular flexibility index (Phi) is 5.19. The first-order valence-corrected chi connectivity index (χ1v) is 7.49. The summed E-state index contributed by atoms with van der Waals surface area (Å²) < 4.78 is 0. The molecular weight excluding hydrogens is 262 g/mol. The standard InChI is InChI=1S/C13H22ClN5/c1-3-8-15-12-17-11(14)18-13(19-12)16-10-7-5-4-6-9(10)2/h9-10H,3-8H2,1-2H3,(H2,15,16,17,18,19). The number of hydrogen-bond acceptors (Lipinski definition) is 5. The van der Waals surface area contributed by atoms with Gasteiger partial charge in [-0.15, -0.1) is 0 Å². The third kappa shape index (κ3) is 4.20. The predicted octanol–water partition coefficient (Wildman–Crippen LogP) is 3.34. The van der Waals surface area contributed by atoms with Gasteiger partial charge in [0.15, 0.2) is 0 Å². The minimum Gasteiger partial charge on any atom is -0.354 e. The molecular formula is C13H22ClN5. The van der Waals surface area contributed by atoms with E-state index in [2.05, 4.69) is 39.4 Å². The fourth-order valence-corrected chi connectivity index (χ4v) is 2.59. The molecule has 106 valence electrons. The Hall–Kier alpha value is -1.10. The minimum atomic E-state index is 0.236. The minimum absolute atomic E-state index is 0.236. The fraction of sp³-hybridized carbons (Fsp3) is 0.769. The molecule has 1 aliphatic rings. The first-order chi connectivity index (χ1) is 9.19. The van der Waals surface area contributed by atoms with Crippen molar-refractivity contribution in [2.24, 2.45) is 5.92 Å². The van der Waals surface area contributed by atoms with Crippen molar-refractivity contribution in [2.45, 2.75) is 52.0 Å². The molecule has 0 radical (unpaired) electrons. The quantitative estimate of drug-likeness (QED) is 0.868. The van der Waals surface area contributed by atoms with E-state index in [0.29, 0.717) is 23.9 Å². The van der Waals surface area contributed by atoms with Crippen LogP contribution in [0.25, 0.3) is 0 Å². The van der Waals surface area contributed by atoms with Gasteiger partial charge in [0.05, 0.1) is 0 Å². The summed E-state index contributed by atoms with van der Waals surface area (Å²) in [7, 11) is 0. The Morgan fingerprint density at radius 3 is 2.63 bits per heavy atom. The average molecular weight is 284 g/mol. The molecule has 0 aliphatic heterocycles. The molecule has 2 atom stereocenters. The maximum Gasteiger partial charge on any atom is 0.229 e. The number of halogens is 1. The zero-order chi connectivity index (χ0) is 13.7. The van der Waals surface area contributed by atoms with Crippen LogP contribution in [0.5, 0.6) is 0 Å². The summed E-state index contributed by atoms with van der Waals surface area (Å²) in [6.07, 6.45) is 6.04. The molecule has 1 aromatic heterocycles. The van der Waals surface area contributed by atoms with Crippen molar-refractivity contribution in [3.8, 4) is 0 Å². The molecule has 1 aliphatic carbocycles. The summed E-state index contributed by atoms with van der Waals surface area (Å²) in [5.74, 6) is 1.78. The molecule has 19 heavy (non-hydrogen) atoms. The van der Waals surface area contributed by atoms with Crippen molar-refractivity contribution in [1.82, 2.24) is 15.0 Å². The Balaban J connectivity index is 2.04. The van der Waals surface area contributed by atoms with Crippen molar-refractivity contribution >= 4 is 23.5 Å². The molecule has 0 amide bonds. The Bertz CT molecular complexity index is 412. The lowest BCUT2D eigenvalue weighted by molar-refractivity contribution is 0.348. The van der Waals surface area contributed by atoms with Crippen LogP contribution in [-0.2, 0) is 0 Å². The largest absolute Gasteiger partial charge is 0.354 e. The van der Waals surface area contributed by atoms with E-state index < -0.39 is 0 Å². The lowest BCUT2D eigenvalue weighted by atomic mass is 9.86. The summed E-state index contributed by atoms with van der Waals surface area (Å²) in [5, 5.41) is 6.77. The van der Waals surface area contributed by atoms with E-state index >= 15 is 0 Å². The van der Waals surface area contributed by atoms with Crippen LogP contribution in [0, 0.1) is 5.92 Å². The van der Waals surface area contributed by atoms with Gasteiger partial charge >= 0.3 is 0 Å². The lowest BCUT2D eigenvalue weighted by Crippen LogP contribution is -2.31. The second-order valence-electron chi connectivity index (χ2n) is 5.19. The van der Waals surface area contributed by atoms with Gasteiger partial charge in [0.25, 0.3) is 0 Å². The van der Waals surface area contributed by atoms with Gasteiger partial charge in [0.1, 0.15) is 0 Å². The molecule has 1 fully saturated rings. The molecule has 1 saturated carbocycles. The van der Waals surface area contributed by atoms with Crippen LogP contribution >= 0.6 is 11.6 Å². The number of rotatable bonds is 5. The van der Waals surface area contributed by atoms with E-state index in [1.54, 1.807) is 0 Å². The molecule has 5 nitrogen and oxygen atoms in total. The molecule has 1 aromatic rings. The number of aromatic nitrogens is 3. The predicted molar refractivity (Wildman–Crippen MR) is 78.7 cm³/mol. The van der Waals surface area contributed by atoms with E-state index in [4.69, 9.17) is 11.6 Å². The molecule has 1 heterocycles. The highest BCUT2D eigenvalue weighted by molar-refractivity contribution is 6.28. The van der Waals surface area contributed by atoms with Gasteiger partial charge in [-0.25, -0.2) is 0 Å². The van der Waals surface area contributed by atoms with Crippen LogP contribution in [0.4, 0.5) is 11.9 Å². The van der Waals surface area contributed by atoms with E-state index in [1.807, 2.05) is 0 Å². The monoisotopic (exact) mass is 283 g/mol. The summed E-state index contributed by atoms with van der Waals surface area (Å²) in [6.45, 7) is 5.20. The topological polar surface area (TPSA) is 62.7 Å². The van der Waals surface area contributed by atoms with Crippen molar-refractivity contribution in [3.05, 3.63) is 5.28 Å². The molecule has 0 saturated heterocycles. The normalized spacial score (nSPS) is 23.1. The second-order valence-corrected chi connectivity index (χ2v) is 5.53. The third-order valence-corrected chi connectivity index (χ3v) is 3.74. The summed E-state index contributed by atoms with van der Waals surface area (Å²) in [4.78, 5) is 12.6. The van der Waals surface area contributed by atoms with Gasteiger partial charge < -0.3 is 10.6 Å². The van der Waals surface area contributed by atoms with Crippen LogP contribution in [-0.4, -0.2) is 27.5 Å². The molecule has 0 bridgehead atoms. The zero-order valence-electron chi connectivity index (χ0n) is 11.6. The zero-order valence-corrected chi connectivity index (χ0v) is 12.4. The first-order valence-electron chi connectivity index (χ1n) is 7.11.